The molecule has 28 heavy (non-hydrogen) atoms. The van der Waals surface area contributed by atoms with Crippen LogP contribution < -0.4 is 4.74 Å². The predicted molar refractivity (Wildman–Crippen MR) is 107 cm³/mol. The van der Waals surface area contributed by atoms with Gasteiger partial charge in [-0.2, -0.15) is 0 Å². The summed E-state index contributed by atoms with van der Waals surface area (Å²) in [5.41, 5.74) is 2.00. The van der Waals surface area contributed by atoms with Crippen LogP contribution >= 0.6 is 0 Å². The summed E-state index contributed by atoms with van der Waals surface area (Å²) in [6.45, 7) is 5.98. The van der Waals surface area contributed by atoms with Crippen molar-refractivity contribution in [3.05, 3.63) is 53.6 Å². The van der Waals surface area contributed by atoms with Gasteiger partial charge in [0.25, 0.3) is 0 Å². The molecule has 1 spiro atoms. The van der Waals surface area contributed by atoms with Crippen LogP contribution in [0.3, 0.4) is 0 Å². The third-order valence-corrected chi connectivity index (χ3v) is 6.01. The fourth-order valence-corrected chi connectivity index (χ4v) is 4.53. The number of hydrogen-bond acceptors (Lipinski definition) is 5. The van der Waals surface area contributed by atoms with Gasteiger partial charge in [-0.15, -0.1) is 0 Å². The number of methoxy groups -OCH3 is 1. The van der Waals surface area contributed by atoms with E-state index < -0.39 is 0 Å². The maximum atomic E-state index is 13.4. The van der Waals surface area contributed by atoms with Gasteiger partial charge in [0.2, 0.25) is 5.91 Å². The lowest BCUT2D eigenvalue weighted by molar-refractivity contribution is -0.146. The zero-order valence-electron chi connectivity index (χ0n) is 16.7. The number of aryl methyl sites for hydroxylation is 1. The van der Waals surface area contributed by atoms with Gasteiger partial charge < -0.3 is 9.64 Å². The summed E-state index contributed by atoms with van der Waals surface area (Å²) in [5.74, 6) is 1.94. The predicted octanol–water partition coefficient (Wildman–Crippen LogP) is 2.81. The Morgan fingerprint density at radius 3 is 2.71 bits per heavy atom. The number of amides is 1. The van der Waals surface area contributed by atoms with E-state index in [9.17, 15) is 4.79 Å². The topological polar surface area (TPSA) is 58.6 Å². The van der Waals surface area contributed by atoms with Crippen LogP contribution in [0.25, 0.3) is 0 Å². The molecule has 0 bridgehead atoms. The van der Waals surface area contributed by atoms with E-state index in [0.717, 1.165) is 68.1 Å². The highest BCUT2D eigenvalue weighted by Gasteiger charge is 2.48. The van der Waals surface area contributed by atoms with Gasteiger partial charge in [0.05, 0.1) is 12.5 Å². The van der Waals surface area contributed by atoms with Gasteiger partial charge in [-0.3, -0.25) is 9.69 Å². The zero-order valence-corrected chi connectivity index (χ0v) is 16.7. The second-order valence-electron chi connectivity index (χ2n) is 8.06. The van der Waals surface area contributed by atoms with Crippen molar-refractivity contribution in [2.24, 2.45) is 5.41 Å². The molecule has 148 valence electrons. The highest BCUT2D eigenvalue weighted by molar-refractivity contribution is 5.84. The third-order valence-electron chi connectivity index (χ3n) is 6.01. The smallest absolute Gasteiger partial charge is 0.230 e. The Balaban J connectivity index is 1.43. The number of rotatable bonds is 5. The lowest BCUT2D eigenvalue weighted by atomic mass is 9.78. The molecule has 2 fully saturated rings. The van der Waals surface area contributed by atoms with Crippen molar-refractivity contribution < 1.29 is 9.53 Å². The minimum atomic E-state index is -0.233. The number of carbonyl (C=O) groups is 1. The molecule has 2 aliphatic heterocycles. The first-order chi connectivity index (χ1) is 13.6. The quantitative estimate of drug-likeness (QED) is 0.798. The third kappa shape index (κ3) is 3.87. The summed E-state index contributed by atoms with van der Waals surface area (Å²) in [6, 6.07) is 8.01. The number of hydrogen-bond donors (Lipinski definition) is 0. The number of carbonyl (C=O) groups excluding carboxylic acids is 1. The van der Waals surface area contributed by atoms with Crippen molar-refractivity contribution in [2.75, 3.05) is 26.7 Å². The van der Waals surface area contributed by atoms with E-state index in [1.807, 2.05) is 42.4 Å². The molecule has 4 rings (SSSR count). The second kappa shape index (κ2) is 7.87. The lowest BCUT2D eigenvalue weighted by Crippen LogP contribution is -2.49. The summed E-state index contributed by atoms with van der Waals surface area (Å²) in [6.07, 6.45) is 6.78. The molecule has 0 N–H and O–H groups in total. The first-order valence-corrected chi connectivity index (χ1v) is 10.0. The molecule has 0 saturated carbocycles. The van der Waals surface area contributed by atoms with E-state index in [4.69, 9.17) is 4.74 Å². The Hall–Kier alpha value is -2.47. The molecule has 6 heteroatoms. The maximum Gasteiger partial charge on any atom is 0.230 e. The average molecular weight is 380 g/mol. The van der Waals surface area contributed by atoms with Crippen molar-refractivity contribution in [2.45, 2.75) is 39.3 Å². The largest absolute Gasteiger partial charge is 0.497 e. The molecule has 1 aromatic heterocycles. The highest BCUT2D eigenvalue weighted by atomic mass is 16.5. The number of aromatic nitrogens is 2. The lowest BCUT2D eigenvalue weighted by Gasteiger charge is -2.39. The van der Waals surface area contributed by atoms with Crippen molar-refractivity contribution >= 4 is 5.91 Å². The molecule has 2 saturated heterocycles. The van der Waals surface area contributed by atoms with E-state index in [2.05, 4.69) is 20.9 Å². The molecule has 0 radical (unpaired) electrons. The van der Waals surface area contributed by atoms with Crippen LogP contribution in [0.4, 0.5) is 0 Å². The van der Waals surface area contributed by atoms with Crippen LogP contribution in [0.1, 0.15) is 36.2 Å². The first-order valence-electron chi connectivity index (χ1n) is 10.0. The number of ether oxygens (including phenoxy) is 1. The van der Waals surface area contributed by atoms with Gasteiger partial charge in [0, 0.05) is 44.1 Å². The van der Waals surface area contributed by atoms with E-state index >= 15 is 0 Å². The Kier molecular flexibility index (Phi) is 5.31. The van der Waals surface area contributed by atoms with Crippen LogP contribution in [-0.4, -0.2) is 52.4 Å². The second-order valence-corrected chi connectivity index (χ2v) is 8.06. The normalized spacial score (nSPS) is 22.8. The van der Waals surface area contributed by atoms with Crippen molar-refractivity contribution in [1.29, 1.82) is 0 Å². The average Bonchev–Trinajstić information content (AvgIpc) is 3.11. The summed E-state index contributed by atoms with van der Waals surface area (Å²) in [5, 5.41) is 0. The number of likely N-dealkylation sites (tertiary alicyclic amines) is 2. The van der Waals surface area contributed by atoms with Crippen molar-refractivity contribution in [3.63, 3.8) is 0 Å². The van der Waals surface area contributed by atoms with Gasteiger partial charge in [-0.1, -0.05) is 12.1 Å². The molecule has 2 aliphatic rings. The number of nitrogens with zero attached hydrogens (tertiary/aromatic N) is 4. The molecular weight excluding hydrogens is 352 g/mol. The number of piperidine rings is 1. The van der Waals surface area contributed by atoms with Gasteiger partial charge in [-0.25, -0.2) is 9.97 Å². The van der Waals surface area contributed by atoms with Gasteiger partial charge in [0.15, 0.2) is 0 Å². The molecule has 1 atom stereocenters. The van der Waals surface area contributed by atoms with Crippen molar-refractivity contribution in [3.8, 4) is 5.75 Å². The number of benzene rings is 1. The van der Waals surface area contributed by atoms with Crippen LogP contribution in [0, 0.1) is 12.3 Å². The molecule has 1 amide bonds. The molecule has 3 heterocycles. The molecule has 1 aromatic carbocycles. The summed E-state index contributed by atoms with van der Waals surface area (Å²) in [4.78, 5) is 26.4. The Morgan fingerprint density at radius 1 is 1.11 bits per heavy atom. The summed E-state index contributed by atoms with van der Waals surface area (Å²) < 4.78 is 5.32. The summed E-state index contributed by atoms with van der Waals surface area (Å²) in [7, 11) is 1.67. The molecule has 0 unspecified atom stereocenters. The Morgan fingerprint density at radius 2 is 1.93 bits per heavy atom. The monoisotopic (exact) mass is 380 g/mol. The van der Waals surface area contributed by atoms with E-state index in [-0.39, 0.29) is 5.41 Å². The molecule has 6 nitrogen and oxygen atoms in total. The maximum absolute atomic E-state index is 13.4. The van der Waals surface area contributed by atoms with Crippen molar-refractivity contribution in [1.82, 2.24) is 19.8 Å². The molecular formula is C22H28N4O2. The van der Waals surface area contributed by atoms with E-state index in [0.29, 0.717) is 12.5 Å². The van der Waals surface area contributed by atoms with Gasteiger partial charge in [-0.05, 0) is 50.4 Å². The summed E-state index contributed by atoms with van der Waals surface area (Å²) >= 11 is 0. The van der Waals surface area contributed by atoms with Gasteiger partial charge in [0.1, 0.15) is 11.6 Å². The Labute approximate surface area is 166 Å². The van der Waals surface area contributed by atoms with Crippen LogP contribution in [0.2, 0.25) is 0 Å². The standard InChI is InChI=1S/C22H28N4O2/c1-17-23-12-19(13-24-17)14-25-10-8-22(16-25)7-4-9-26(21(22)27)15-18-5-3-6-20(11-18)28-2/h3,5-6,11-13H,4,7-10,14-16H2,1-2H3/t22-/m1/s1. The SMILES string of the molecule is COc1cccc(CN2CCC[C@]3(CCN(Cc4cnc(C)nc4)C3)C2=O)c1. The van der Waals surface area contributed by atoms with Crippen LogP contribution in [0.15, 0.2) is 36.7 Å². The first kappa shape index (κ1) is 18.9. The zero-order chi connectivity index (χ0) is 19.6. The highest BCUT2D eigenvalue weighted by Crippen LogP contribution is 2.41. The minimum absolute atomic E-state index is 0.233. The van der Waals surface area contributed by atoms with E-state index in [1.54, 1.807) is 7.11 Å². The minimum Gasteiger partial charge on any atom is -0.497 e. The van der Waals surface area contributed by atoms with Crippen LogP contribution in [0.5, 0.6) is 5.75 Å². The fourth-order valence-electron chi connectivity index (χ4n) is 4.53. The molecule has 0 aliphatic carbocycles. The molecule has 2 aromatic rings. The fraction of sp³-hybridized carbons (Fsp3) is 0.500. The van der Waals surface area contributed by atoms with Gasteiger partial charge >= 0.3 is 0 Å². The van der Waals surface area contributed by atoms with E-state index in [1.165, 1.54) is 0 Å². The van der Waals surface area contributed by atoms with Crippen LogP contribution in [-0.2, 0) is 17.9 Å². The Bertz CT molecular complexity index is 839.